The third-order valence-corrected chi connectivity index (χ3v) is 5.47. The third kappa shape index (κ3) is 5.43. The van der Waals surface area contributed by atoms with Gasteiger partial charge in [-0.05, 0) is 55.3 Å². The smallest absolute Gasteiger partial charge is 0.269 e. The molecule has 1 amide bonds. The summed E-state index contributed by atoms with van der Waals surface area (Å²) in [6, 6.07) is 14.3. The average molecular weight is 414 g/mol. The lowest BCUT2D eigenvalue weighted by atomic mass is 10.1. The fraction of sp³-hybridized carbons (Fsp3) is 0.318. The molecule has 2 atom stereocenters. The molecule has 1 fully saturated rings. The second-order valence-electron chi connectivity index (χ2n) is 7.43. The molecule has 2 aromatic rings. The summed E-state index contributed by atoms with van der Waals surface area (Å²) in [5.41, 5.74) is 1.99. The molecule has 1 aliphatic heterocycles. The Kier molecular flexibility index (Phi) is 6.67. The van der Waals surface area contributed by atoms with Gasteiger partial charge < -0.3 is 4.90 Å². The third-order valence-electron chi connectivity index (χ3n) is 5.22. The van der Waals surface area contributed by atoms with Gasteiger partial charge in [0.25, 0.3) is 5.69 Å². The molecule has 1 aliphatic rings. The fourth-order valence-corrected chi connectivity index (χ4v) is 3.65. The standard InChI is InChI=1S/C22H24ClN3O3/c1-16-14-25(17(2)13-24(16)15-19-3-8-20(23)9-4-19)22(27)12-7-18-5-10-21(11-6-18)26(28)29/h3-12,16-17H,13-15H2,1-2H3/b12-7+. The van der Waals surface area contributed by atoms with Crippen molar-refractivity contribution in [2.45, 2.75) is 32.5 Å². The molecular formula is C22H24ClN3O3. The van der Waals surface area contributed by atoms with Crippen molar-refractivity contribution in [2.24, 2.45) is 0 Å². The second kappa shape index (κ2) is 9.20. The van der Waals surface area contributed by atoms with Crippen LogP contribution in [-0.2, 0) is 11.3 Å². The van der Waals surface area contributed by atoms with Crippen LogP contribution in [0.2, 0.25) is 5.02 Å². The first-order chi connectivity index (χ1) is 13.8. The molecule has 0 bridgehead atoms. The van der Waals surface area contributed by atoms with E-state index in [2.05, 4.69) is 18.7 Å². The summed E-state index contributed by atoms with van der Waals surface area (Å²) in [5, 5.41) is 11.5. The van der Waals surface area contributed by atoms with E-state index in [-0.39, 0.29) is 23.7 Å². The number of hydrogen-bond donors (Lipinski definition) is 0. The number of amides is 1. The quantitative estimate of drug-likeness (QED) is 0.414. The molecule has 3 rings (SSSR count). The Morgan fingerprint density at radius 1 is 1.10 bits per heavy atom. The van der Waals surface area contributed by atoms with Crippen LogP contribution in [0, 0.1) is 10.1 Å². The Morgan fingerprint density at radius 2 is 1.76 bits per heavy atom. The largest absolute Gasteiger partial charge is 0.334 e. The minimum atomic E-state index is -0.439. The van der Waals surface area contributed by atoms with Gasteiger partial charge in [-0.25, -0.2) is 0 Å². The Balaban J connectivity index is 1.60. The molecule has 0 aliphatic carbocycles. The zero-order chi connectivity index (χ0) is 21.0. The van der Waals surface area contributed by atoms with Crippen LogP contribution in [0.1, 0.15) is 25.0 Å². The Morgan fingerprint density at radius 3 is 2.38 bits per heavy atom. The number of nitro benzene ring substituents is 1. The Labute approximate surface area is 175 Å². The van der Waals surface area contributed by atoms with Crippen LogP contribution in [0.3, 0.4) is 0 Å². The van der Waals surface area contributed by atoms with Crippen molar-refractivity contribution < 1.29 is 9.72 Å². The lowest BCUT2D eigenvalue weighted by Gasteiger charge is -2.44. The minimum absolute atomic E-state index is 0.0349. The highest BCUT2D eigenvalue weighted by molar-refractivity contribution is 6.30. The maximum Gasteiger partial charge on any atom is 0.269 e. The van der Waals surface area contributed by atoms with Gasteiger partial charge in [-0.3, -0.25) is 19.8 Å². The molecule has 2 unspecified atom stereocenters. The maximum absolute atomic E-state index is 12.7. The molecule has 2 aromatic carbocycles. The van der Waals surface area contributed by atoms with Crippen molar-refractivity contribution in [3.05, 3.63) is 80.9 Å². The van der Waals surface area contributed by atoms with Gasteiger partial charge in [0.1, 0.15) is 0 Å². The molecule has 0 spiro atoms. The molecular weight excluding hydrogens is 390 g/mol. The van der Waals surface area contributed by atoms with Gasteiger partial charge in [0.2, 0.25) is 5.91 Å². The monoisotopic (exact) mass is 413 g/mol. The van der Waals surface area contributed by atoms with Crippen molar-refractivity contribution in [2.75, 3.05) is 13.1 Å². The molecule has 7 heteroatoms. The van der Waals surface area contributed by atoms with Gasteiger partial charge in [0, 0.05) is 54.9 Å². The normalized spacial score (nSPS) is 20.2. The van der Waals surface area contributed by atoms with Crippen molar-refractivity contribution >= 4 is 29.3 Å². The number of hydrogen-bond acceptors (Lipinski definition) is 4. The van der Waals surface area contributed by atoms with Crippen LogP contribution >= 0.6 is 11.6 Å². The van der Waals surface area contributed by atoms with E-state index < -0.39 is 4.92 Å². The predicted octanol–water partition coefficient (Wildman–Crippen LogP) is 4.38. The number of non-ortho nitro benzene ring substituents is 1. The number of carbonyl (C=O) groups is 1. The first-order valence-electron chi connectivity index (χ1n) is 9.55. The zero-order valence-electron chi connectivity index (χ0n) is 16.5. The van der Waals surface area contributed by atoms with E-state index in [1.807, 2.05) is 29.2 Å². The second-order valence-corrected chi connectivity index (χ2v) is 7.86. The molecule has 0 saturated carbocycles. The van der Waals surface area contributed by atoms with Crippen LogP contribution in [0.5, 0.6) is 0 Å². The van der Waals surface area contributed by atoms with Gasteiger partial charge in [-0.2, -0.15) is 0 Å². The van der Waals surface area contributed by atoms with Crippen LogP contribution in [-0.4, -0.2) is 45.8 Å². The van der Waals surface area contributed by atoms with Gasteiger partial charge in [0.05, 0.1) is 4.92 Å². The summed E-state index contributed by atoms with van der Waals surface area (Å²) in [7, 11) is 0. The van der Waals surface area contributed by atoms with E-state index in [1.54, 1.807) is 24.3 Å². The molecule has 6 nitrogen and oxygen atoms in total. The first kappa shape index (κ1) is 21.0. The molecule has 29 heavy (non-hydrogen) atoms. The number of nitrogens with zero attached hydrogens (tertiary/aromatic N) is 3. The molecule has 1 saturated heterocycles. The number of halogens is 1. The number of benzene rings is 2. The summed E-state index contributed by atoms with van der Waals surface area (Å²) in [6.07, 6.45) is 3.24. The van der Waals surface area contributed by atoms with E-state index in [4.69, 9.17) is 11.6 Å². The SMILES string of the molecule is CC1CN(C(=O)/C=C/c2ccc([N+](=O)[O-])cc2)C(C)CN1Cc1ccc(Cl)cc1. The van der Waals surface area contributed by atoms with Crippen LogP contribution in [0.15, 0.2) is 54.6 Å². The van der Waals surface area contributed by atoms with E-state index >= 15 is 0 Å². The summed E-state index contributed by atoms with van der Waals surface area (Å²) in [6.45, 7) is 6.45. The van der Waals surface area contributed by atoms with Gasteiger partial charge in [-0.15, -0.1) is 0 Å². The lowest BCUT2D eigenvalue weighted by Crippen LogP contribution is -2.57. The van der Waals surface area contributed by atoms with Gasteiger partial charge in [-0.1, -0.05) is 23.7 Å². The van der Waals surface area contributed by atoms with Crippen LogP contribution in [0.25, 0.3) is 6.08 Å². The lowest BCUT2D eigenvalue weighted by molar-refractivity contribution is -0.384. The Bertz CT molecular complexity index is 897. The highest BCUT2D eigenvalue weighted by Gasteiger charge is 2.30. The zero-order valence-corrected chi connectivity index (χ0v) is 17.2. The first-order valence-corrected chi connectivity index (χ1v) is 9.93. The highest BCUT2D eigenvalue weighted by atomic mass is 35.5. The van der Waals surface area contributed by atoms with Crippen LogP contribution < -0.4 is 0 Å². The average Bonchev–Trinajstić information content (AvgIpc) is 2.70. The molecule has 1 heterocycles. The molecule has 152 valence electrons. The summed E-state index contributed by atoms with van der Waals surface area (Å²) in [4.78, 5) is 27.2. The topological polar surface area (TPSA) is 66.7 Å². The van der Waals surface area contributed by atoms with Crippen LogP contribution in [0.4, 0.5) is 5.69 Å². The van der Waals surface area contributed by atoms with E-state index in [9.17, 15) is 14.9 Å². The summed E-state index contributed by atoms with van der Waals surface area (Å²) in [5.74, 6) is -0.0474. The maximum atomic E-state index is 12.7. The number of carbonyl (C=O) groups excluding carboxylic acids is 1. The highest BCUT2D eigenvalue weighted by Crippen LogP contribution is 2.20. The fourth-order valence-electron chi connectivity index (χ4n) is 3.52. The number of nitro groups is 1. The van der Waals surface area contributed by atoms with Gasteiger partial charge >= 0.3 is 0 Å². The van der Waals surface area contributed by atoms with Crippen molar-refractivity contribution in [1.29, 1.82) is 0 Å². The van der Waals surface area contributed by atoms with Gasteiger partial charge in [0.15, 0.2) is 0 Å². The van der Waals surface area contributed by atoms with Crippen molar-refractivity contribution in [1.82, 2.24) is 9.80 Å². The minimum Gasteiger partial charge on any atom is -0.334 e. The predicted molar refractivity (Wildman–Crippen MR) is 115 cm³/mol. The number of piperazine rings is 1. The molecule has 0 radical (unpaired) electrons. The van der Waals surface area contributed by atoms with E-state index in [0.717, 1.165) is 23.7 Å². The number of rotatable bonds is 5. The van der Waals surface area contributed by atoms with Crippen molar-refractivity contribution in [3.8, 4) is 0 Å². The molecule has 0 N–H and O–H groups in total. The molecule has 0 aromatic heterocycles. The summed E-state index contributed by atoms with van der Waals surface area (Å²) < 4.78 is 0. The van der Waals surface area contributed by atoms with E-state index in [0.29, 0.717) is 6.54 Å². The summed E-state index contributed by atoms with van der Waals surface area (Å²) >= 11 is 5.96. The Hall–Kier alpha value is -2.70. The van der Waals surface area contributed by atoms with Crippen molar-refractivity contribution in [3.63, 3.8) is 0 Å². The van der Waals surface area contributed by atoms with E-state index in [1.165, 1.54) is 17.7 Å².